The van der Waals surface area contributed by atoms with Gasteiger partial charge in [0, 0.05) is 30.5 Å². The zero-order valence-corrected chi connectivity index (χ0v) is 22.0. The van der Waals surface area contributed by atoms with Crippen LogP contribution in [0, 0.1) is 5.41 Å². The van der Waals surface area contributed by atoms with Crippen LogP contribution in [0.5, 0.6) is 0 Å². The van der Waals surface area contributed by atoms with E-state index in [1.165, 1.54) is 21.8 Å². The van der Waals surface area contributed by atoms with Crippen LogP contribution in [0.2, 0.25) is 0 Å². The van der Waals surface area contributed by atoms with Crippen LogP contribution >= 0.6 is 11.3 Å². The fraction of sp³-hybridized carbons (Fsp3) is 0.214. The largest absolute Gasteiger partial charge is 0.355 e. The van der Waals surface area contributed by atoms with Gasteiger partial charge in [-0.05, 0) is 67.1 Å². The predicted molar refractivity (Wildman–Crippen MR) is 148 cm³/mol. The number of fused-ring (bicyclic) bond motifs is 3. The summed E-state index contributed by atoms with van der Waals surface area (Å²) in [6.45, 7) is 0.214. The molecule has 0 unspecified atom stereocenters. The molecule has 2 amide bonds. The number of pyridine rings is 3. The first kappa shape index (κ1) is 24.7. The molecular formula is C28H25N7O3S. The molecule has 0 radical (unpaired) electrons. The Morgan fingerprint density at radius 1 is 1.10 bits per heavy atom. The normalized spacial score (nSPS) is 12.8. The van der Waals surface area contributed by atoms with E-state index in [9.17, 15) is 14.4 Å². The van der Waals surface area contributed by atoms with E-state index < -0.39 is 5.91 Å². The van der Waals surface area contributed by atoms with Gasteiger partial charge in [-0.15, -0.1) is 11.3 Å². The molecule has 6 rings (SSSR count). The molecule has 10 nitrogen and oxygen atoms in total. The molecule has 196 valence electrons. The van der Waals surface area contributed by atoms with E-state index in [1.807, 2.05) is 12.1 Å². The zero-order chi connectivity index (χ0) is 27.1. The summed E-state index contributed by atoms with van der Waals surface area (Å²) in [7, 11) is 1.57. The van der Waals surface area contributed by atoms with E-state index in [4.69, 9.17) is 5.41 Å². The van der Waals surface area contributed by atoms with E-state index in [1.54, 1.807) is 48.4 Å². The molecule has 3 N–H and O–H groups in total. The van der Waals surface area contributed by atoms with Crippen LogP contribution in [0.4, 0.5) is 5.00 Å². The lowest BCUT2D eigenvalue weighted by molar-refractivity contribution is 0.0963. The molecule has 5 aromatic heterocycles. The third-order valence-electron chi connectivity index (χ3n) is 7.01. The van der Waals surface area contributed by atoms with Crippen molar-refractivity contribution in [2.45, 2.75) is 32.2 Å². The number of amides is 2. The fourth-order valence-electron chi connectivity index (χ4n) is 5.07. The van der Waals surface area contributed by atoms with Gasteiger partial charge in [-0.25, -0.2) is 4.98 Å². The lowest BCUT2D eigenvalue weighted by Gasteiger charge is -2.15. The number of thiophene rings is 1. The van der Waals surface area contributed by atoms with Crippen molar-refractivity contribution in [2.24, 2.45) is 0 Å². The average Bonchev–Trinajstić information content (AvgIpc) is 3.32. The van der Waals surface area contributed by atoms with Crippen molar-refractivity contribution in [3.8, 4) is 0 Å². The average molecular weight is 540 g/mol. The molecule has 1 aliphatic carbocycles. The molecule has 0 fully saturated rings. The van der Waals surface area contributed by atoms with Crippen molar-refractivity contribution >= 4 is 44.8 Å². The van der Waals surface area contributed by atoms with Crippen molar-refractivity contribution in [3.63, 3.8) is 0 Å². The Labute approximate surface area is 226 Å². The Hall–Kier alpha value is -4.64. The highest BCUT2D eigenvalue weighted by molar-refractivity contribution is 7.17. The van der Waals surface area contributed by atoms with Gasteiger partial charge in [0.25, 0.3) is 17.4 Å². The number of nitrogens with one attached hydrogen (secondary N) is 3. The summed E-state index contributed by atoms with van der Waals surface area (Å²) < 4.78 is 2.98. The maximum Gasteiger partial charge on any atom is 0.267 e. The van der Waals surface area contributed by atoms with Gasteiger partial charge in [0.2, 0.25) is 0 Å². The lowest BCUT2D eigenvalue weighted by Crippen LogP contribution is -2.32. The molecule has 0 atom stereocenters. The van der Waals surface area contributed by atoms with Crippen molar-refractivity contribution in [1.82, 2.24) is 24.3 Å². The minimum Gasteiger partial charge on any atom is -0.355 e. The number of hydrogen-bond donors (Lipinski definition) is 3. The van der Waals surface area contributed by atoms with Gasteiger partial charge in [0.15, 0.2) is 0 Å². The minimum absolute atomic E-state index is 0.0144. The van der Waals surface area contributed by atoms with E-state index >= 15 is 0 Å². The van der Waals surface area contributed by atoms with Gasteiger partial charge < -0.3 is 15.2 Å². The zero-order valence-electron chi connectivity index (χ0n) is 21.2. The lowest BCUT2D eigenvalue weighted by atomic mass is 9.95. The SMILES string of the molecule is CNC(=O)c1c(NC(=O)c2cc3c(=O)n4ccccc4nc3n(Cc3ccncc3)c2=N)sc2c1CCCC2. The molecular weight excluding hydrogens is 514 g/mol. The molecule has 0 aliphatic heterocycles. The third-order valence-corrected chi connectivity index (χ3v) is 8.21. The maximum absolute atomic E-state index is 13.7. The number of aryl methyl sites for hydroxylation is 1. The van der Waals surface area contributed by atoms with Crippen LogP contribution in [-0.2, 0) is 19.4 Å². The summed E-state index contributed by atoms with van der Waals surface area (Å²) >= 11 is 1.40. The summed E-state index contributed by atoms with van der Waals surface area (Å²) in [6, 6.07) is 10.3. The molecule has 5 heterocycles. The highest BCUT2D eigenvalue weighted by atomic mass is 32.1. The Balaban J connectivity index is 1.52. The highest BCUT2D eigenvalue weighted by Gasteiger charge is 2.27. The molecule has 11 heteroatoms. The second kappa shape index (κ2) is 9.91. The molecule has 0 bridgehead atoms. The van der Waals surface area contributed by atoms with Crippen LogP contribution in [-0.4, -0.2) is 37.8 Å². The van der Waals surface area contributed by atoms with Crippen LogP contribution in [0.25, 0.3) is 16.7 Å². The number of carbonyl (C=O) groups excluding carboxylic acids is 2. The standard InChI is InChI=1S/C28H25N7O3S/c1-30-26(37)22-17-6-2-3-7-20(17)39-27(22)33-25(36)18-14-19-24(32-21-8-4-5-13-34(21)28(19)38)35(23(18)29)15-16-9-11-31-12-10-16/h4-5,8-14,29H,2-3,6-7,15H2,1H3,(H,30,37)(H,33,36). The van der Waals surface area contributed by atoms with Crippen molar-refractivity contribution in [1.29, 1.82) is 5.41 Å². The van der Waals surface area contributed by atoms with Gasteiger partial charge in [-0.3, -0.25) is 29.2 Å². The predicted octanol–water partition coefficient (Wildman–Crippen LogP) is 3.12. The smallest absolute Gasteiger partial charge is 0.267 e. The van der Waals surface area contributed by atoms with Gasteiger partial charge in [-0.1, -0.05) is 6.07 Å². The first-order valence-electron chi connectivity index (χ1n) is 12.6. The summed E-state index contributed by atoms with van der Waals surface area (Å²) in [5.41, 5.74) is 2.63. The van der Waals surface area contributed by atoms with Crippen molar-refractivity contribution in [3.05, 3.63) is 98.0 Å². The van der Waals surface area contributed by atoms with Crippen LogP contribution in [0.3, 0.4) is 0 Å². The second-order valence-corrected chi connectivity index (χ2v) is 10.5. The number of aromatic nitrogens is 4. The number of carbonyl (C=O) groups is 2. The Morgan fingerprint density at radius 3 is 2.69 bits per heavy atom. The topological polar surface area (TPSA) is 134 Å². The van der Waals surface area contributed by atoms with Crippen molar-refractivity contribution < 1.29 is 9.59 Å². The number of hydrogen-bond acceptors (Lipinski definition) is 7. The molecule has 0 spiro atoms. The Morgan fingerprint density at radius 2 is 1.90 bits per heavy atom. The molecule has 1 aliphatic rings. The molecule has 0 saturated heterocycles. The molecule has 5 aromatic rings. The summed E-state index contributed by atoms with van der Waals surface area (Å²) in [6.07, 6.45) is 8.59. The highest BCUT2D eigenvalue weighted by Crippen LogP contribution is 2.38. The van der Waals surface area contributed by atoms with E-state index in [2.05, 4.69) is 20.6 Å². The van der Waals surface area contributed by atoms with Gasteiger partial charge in [-0.2, -0.15) is 0 Å². The van der Waals surface area contributed by atoms with E-state index in [0.717, 1.165) is 41.7 Å². The summed E-state index contributed by atoms with van der Waals surface area (Å²) in [4.78, 5) is 49.9. The fourth-order valence-corrected chi connectivity index (χ4v) is 6.36. The van der Waals surface area contributed by atoms with Crippen LogP contribution in [0.15, 0.2) is 59.8 Å². The van der Waals surface area contributed by atoms with E-state index in [0.29, 0.717) is 21.9 Å². The third kappa shape index (κ3) is 4.30. The summed E-state index contributed by atoms with van der Waals surface area (Å²) in [5, 5.41) is 15.3. The van der Waals surface area contributed by atoms with Gasteiger partial charge >= 0.3 is 0 Å². The van der Waals surface area contributed by atoms with Gasteiger partial charge in [0.05, 0.1) is 23.1 Å². The quantitative estimate of drug-likeness (QED) is 0.295. The van der Waals surface area contributed by atoms with Crippen LogP contribution < -0.4 is 21.7 Å². The molecule has 0 aromatic carbocycles. The van der Waals surface area contributed by atoms with Gasteiger partial charge in [0.1, 0.15) is 21.8 Å². The molecule has 39 heavy (non-hydrogen) atoms. The number of nitrogens with zero attached hydrogens (tertiary/aromatic N) is 4. The Kier molecular flexibility index (Phi) is 6.27. The minimum atomic E-state index is -0.563. The number of anilines is 1. The number of rotatable bonds is 5. The molecule has 0 saturated carbocycles. The second-order valence-electron chi connectivity index (χ2n) is 9.38. The maximum atomic E-state index is 13.7. The van der Waals surface area contributed by atoms with Crippen molar-refractivity contribution in [2.75, 3.05) is 12.4 Å². The summed E-state index contributed by atoms with van der Waals surface area (Å²) in [5.74, 6) is -0.817. The monoisotopic (exact) mass is 539 g/mol. The first-order chi connectivity index (χ1) is 19.0. The first-order valence-corrected chi connectivity index (χ1v) is 13.4. The van der Waals surface area contributed by atoms with Crippen LogP contribution in [0.1, 0.15) is 49.6 Å². The van der Waals surface area contributed by atoms with E-state index in [-0.39, 0.29) is 34.4 Å². The Bertz CT molecular complexity index is 1890.